The first kappa shape index (κ1) is 16.5. The maximum Gasteiger partial charge on any atom is 0.261 e. The van der Waals surface area contributed by atoms with Crippen LogP contribution >= 0.6 is 11.6 Å². The van der Waals surface area contributed by atoms with Crippen molar-refractivity contribution in [3.8, 4) is 0 Å². The predicted octanol–water partition coefficient (Wildman–Crippen LogP) is 3.88. The van der Waals surface area contributed by atoms with E-state index in [-0.39, 0.29) is 18.6 Å². The summed E-state index contributed by atoms with van der Waals surface area (Å²) in [5.74, 6) is -0.162. The van der Waals surface area contributed by atoms with E-state index in [0.29, 0.717) is 5.02 Å². The van der Waals surface area contributed by atoms with Gasteiger partial charge in [-0.15, -0.1) is 0 Å². The number of carbonyl (C=O) groups excluding carboxylic acids is 1. The molecule has 0 spiro atoms. The highest BCUT2D eigenvalue weighted by molar-refractivity contribution is 6.30. The van der Waals surface area contributed by atoms with E-state index < -0.39 is 0 Å². The van der Waals surface area contributed by atoms with Gasteiger partial charge in [-0.05, 0) is 48.1 Å². The Morgan fingerprint density at radius 2 is 2.04 bits per heavy atom. The summed E-state index contributed by atoms with van der Waals surface area (Å²) in [4.78, 5) is 17.1. The number of aryl methyl sites for hydroxylation is 1. The van der Waals surface area contributed by atoms with Gasteiger partial charge in [-0.25, -0.2) is 0 Å². The van der Waals surface area contributed by atoms with Crippen molar-refractivity contribution in [2.75, 3.05) is 6.61 Å². The molecule has 1 amide bonds. The van der Waals surface area contributed by atoms with Crippen LogP contribution in [0.2, 0.25) is 5.02 Å². The third kappa shape index (κ3) is 4.36. The van der Waals surface area contributed by atoms with E-state index in [9.17, 15) is 4.79 Å². The molecule has 5 heteroatoms. The van der Waals surface area contributed by atoms with Crippen LogP contribution < -0.4 is 5.32 Å². The quantitative estimate of drug-likeness (QED) is 0.662. The molecular weight excluding hydrogens is 324 g/mol. The van der Waals surface area contributed by atoms with Gasteiger partial charge in [0.15, 0.2) is 6.61 Å². The molecule has 0 saturated carbocycles. The van der Waals surface area contributed by atoms with E-state index in [2.05, 4.69) is 22.6 Å². The number of benzene rings is 2. The Balaban J connectivity index is 1.49. The lowest BCUT2D eigenvalue weighted by Crippen LogP contribution is -2.33. The molecule has 1 aliphatic carbocycles. The SMILES string of the molecule is O=C(CO/N=C\c1ccc(Cl)cc1)N[C@@H]1CCCc2ccccc21. The highest BCUT2D eigenvalue weighted by Gasteiger charge is 2.21. The van der Waals surface area contributed by atoms with Gasteiger partial charge in [0.25, 0.3) is 5.91 Å². The van der Waals surface area contributed by atoms with Gasteiger partial charge < -0.3 is 10.2 Å². The van der Waals surface area contributed by atoms with E-state index in [0.717, 1.165) is 24.8 Å². The van der Waals surface area contributed by atoms with Crippen LogP contribution in [-0.4, -0.2) is 18.7 Å². The number of halogens is 1. The van der Waals surface area contributed by atoms with Crippen molar-refractivity contribution in [3.63, 3.8) is 0 Å². The van der Waals surface area contributed by atoms with Crippen LogP contribution in [-0.2, 0) is 16.1 Å². The van der Waals surface area contributed by atoms with Crippen molar-refractivity contribution < 1.29 is 9.63 Å². The number of nitrogens with one attached hydrogen (secondary N) is 1. The van der Waals surface area contributed by atoms with Crippen molar-refractivity contribution in [2.24, 2.45) is 5.16 Å². The third-order valence-electron chi connectivity index (χ3n) is 4.05. The van der Waals surface area contributed by atoms with Gasteiger partial charge in [0.2, 0.25) is 0 Å². The zero-order chi connectivity index (χ0) is 16.8. The van der Waals surface area contributed by atoms with Gasteiger partial charge in [0.1, 0.15) is 0 Å². The lowest BCUT2D eigenvalue weighted by Gasteiger charge is -2.26. The second-order valence-corrected chi connectivity index (χ2v) is 6.21. The fraction of sp³-hybridized carbons (Fsp3) is 0.263. The molecule has 2 aromatic carbocycles. The summed E-state index contributed by atoms with van der Waals surface area (Å²) in [5.41, 5.74) is 3.39. The van der Waals surface area contributed by atoms with Gasteiger partial charge >= 0.3 is 0 Å². The Labute approximate surface area is 146 Å². The standard InChI is InChI=1S/C19H19ClN2O2/c20-16-10-8-14(9-11-16)12-21-24-13-19(23)22-18-7-3-5-15-4-1-2-6-17(15)18/h1-2,4,6,8-12,18H,3,5,7,13H2,(H,22,23)/b21-12-/t18-/m1/s1. The summed E-state index contributed by atoms with van der Waals surface area (Å²) in [6.07, 6.45) is 4.66. The molecule has 0 aliphatic heterocycles. The van der Waals surface area contributed by atoms with Crippen molar-refractivity contribution >= 4 is 23.7 Å². The first-order valence-corrected chi connectivity index (χ1v) is 8.38. The highest BCUT2D eigenvalue weighted by atomic mass is 35.5. The van der Waals surface area contributed by atoms with Crippen molar-refractivity contribution in [2.45, 2.75) is 25.3 Å². The second kappa shape index (κ2) is 7.97. The number of hydrogen-bond donors (Lipinski definition) is 1. The van der Waals surface area contributed by atoms with Crippen LogP contribution in [0.4, 0.5) is 0 Å². The van der Waals surface area contributed by atoms with Gasteiger partial charge in [-0.2, -0.15) is 0 Å². The van der Waals surface area contributed by atoms with E-state index in [1.54, 1.807) is 18.3 Å². The van der Waals surface area contributed by atoms with Gasteiger partial charge in [-0.1, -0.05) is 53.2 Å². The Morgan fingerprint density at radius 3 is 2.88 bits per heavy atom. The van der Waals surface area contributed by atoms with Crippen molar-refractivity contribution in [1.82, 2.24) is 5.32 Å². The molecule has 124 valence electrons. The predicted molar refractivity (Wildman–Crippen MR) is 95.3 cm³/mol. The van der Waals surface area contributed by atoms with Crippen LogP contribution in [0.25, 0.3) is 0 Å². The number of carbonyl (C=O) groups is 1. The molecule has 0 bridgehead atoms. The fourth-order valence-electron chi connectivity index (χ4n) is 2.88. The summed E-state index contributed by atoms with van der Waals surface area (Å²) in [6, 6.07) is 15.5. The van der Waals surface area contributed by atoms with E-state index in [4.69, 9.17) is 16.4 Å². The molecule has 1 atom stereocenters. The second-order valence-electron chi connectivity index (χ2n) is 5.77. The largest absolute Gasteiger partial charge is 0.386 e. The van der Waals surface area contributed by atoms with Gasteiger partial charge in [-0.3, -0.25) is 4.79 Å². The molecular formula is C19H19ClN2O2. The monoisotopic (exact) mass is 342 g/mol. The Kier molecular flexibility index (Phi) is 5.49. The first-order valence-electron chi connectivity index (χ1n) is 8.00. The maximum atomic E-state index is 12.0. The molecule has 0 heterocycles. The molecule has 0 unspecified atom stereocenters. The first-order chi connectivity index (χ1) is 11.7. The summed E-state index contributed by atoms with van der Waals surface area (Å²) in [7, 11) is 0. The summed E-state index contributed by atoms with van der Waals surface area (Å²) in [5, 5.41) is 7.51. The zero-order valence-electron chi connectivity index (χ0n) is 13.2. The Bertz CT molecular complexity index is 728. The van der Waals surface area contributed by atoms with E-state index in [1.807, 2.05) is 24.3 Å². The van der Waals surface area contributed by atoms with Crippen LogP contribution in [0, 0.1) is 0 Å². The molecule has 1 aliphatic rings. The minimum atomic E-state index is -0.162. The average molecular weight is 343 g/mol. The van der Waals surface area contributed by atoms with E-state index in [1.165, 1.54) is 11.1 Å². The van der Waals surface area contributed by atoms with Gasteiger partial charge in [0.05, 0.1) is 12.3 Å². The number of rotatable bonds is 5. The number of nitrogens with zero attached hydrogens (tertiary/aromatic N) is 1. The Morgan fingerprint density at radius 1 is 1.25 bits per heavy atom. The fourth-order valence-corrected chi connectivity index (χ4v) is 3.01. The molecule has 2 aromatic rings. The van der Waals surface area contributed by atoms with Crippen LogP contribution in [0.3, 0.4) is 0 Å². The summed E-state index contributed by atoms with van der Waals surface area (Å²) >= 11 is 5.81. The number of oxime groups is 1. The van der Waals surface area contributed by atoms with E-state index >= 15 is 0 Å². The molecule has 0 fully saturated rings. The molecule has 4 nitrogen and oxygen atoms in total. The lowest BCUT2D eigenvalue weighted by molar-refractivity contribution is -0.126. The number of hydrogen-bond acceptors (Lipinski definition) is 3. The normalized spacial score (nSPS) is 16.6. The third-order valence-corrected chi connectivity index (χ3v) is 4.30. The molecule has 0 radical (unpaired) electrons. The lowest BCUT2D eigenvalue weighted by atomic mass is 9.88. The molecule has 0 saturated heterocycles. The highest BCUT2D eigenvalue weighted by Crippen LogP contribution is 2.29. The molecule has 24 heavy (non-hydrogen) atoms. The number of fused-ring (bicyclic) bond motifs is 1. The van der Waals surface area contributed by atoms with Gasteiger partial charge in [0, 0.05) is 5.02 Å². The van der Waals surface area contributed by atoms with Crippen LogP contribution in [0.1, 0.15) is 35.6 Å². The Hall–Kier alpha value is -2.33. The van der Waals surface area contributed by atoms with Crippen molar-refractivity contribution in [1.29, 1.82) is 0 Å². The molecule has 0 aromatic heterocycles. The zero-order valence-corrected chi connectivity index (χ0v) is 14.0. The van der Waals surface area contributed by atoms with Crippen LogP contribution in [0.5, 0.6) is 0 Å². The average Bonchev–Trinajstić information content (AvgIpc) is 2.61. The maximum absolute atomic E-state index is 12.0. The molecule has 3 rings (SSSR count). The number of amides is 1. The minimum absolute atomic E-state index is 0.0614. The minimum Gasteiger partial charge on any atom is -0.386 e. The van der Waals surface area contributed by atoms with Crippen LogP contribution in [0.15, 0.2) is 53.7 Å². The molecule has 1 N–H and O–H groups in total. The topological polar surface area (TPSA) is 50.7 Å². The summed E-state index contributed by atoms with van der Waals surface area (Å²) in [6.45, 7) is -0.0945. The smallest absolute Gasteiger partial charge is 0.261 e. The van der Waals surface area contributed by atoms with Crippen molar-refractivity contribution in [3.05, 3.63) is 70.2 Å². The summed E-state index contributed by atoms with van der Waals surface area (Å²) < 4.78 is 0.